The number of hydrogen-bond acceptors (Lipinski definition) is 3. The summed E-state index contributed by atoms with van der Waals surface area (Å²) in [6.45, 7) is 2.84. The zero-order valence-corrected chi connectivity index (χ0v) is 10.8. The molecule has 19 heavy (non-hydrogen) atoms. The van der Waals surface area contributed by atoms with E-state index in [-0.39, 0.29) is 0 Å². The molecule has 0 aliphatic carbocycles. The Kier molecular flexibility index (Phi) is 3.11. The normalized spacial score (nSPS) is 10.6. The Balaban J connectivity index is 1.89. The minimum Gasteiger partial charge on any atom is -0.380 e. The summed E-state index contributed by atoms with van der Waals surface area (Å²) < 4.78 is 0. The van der Waals surface area contributed by atoms with Crippen molar-refractivity contribution in [3.05, 3.63) is 66.1 Å². The average Bonchev–Trinajstić information content (AvgIpc) is 2.45. The van der Waals surface area contributed by atoms with Gasteiger partial charge >= 0.3 is 0 Å². The first kappa shape index (κ1) is 11.7. The van der Waals surface area contributed by atoms with Crippen LogP contribution in [0.2, 0.25) is 0 Å². The van der Waals surface area contributed by atoms with Gasteiger partial charge in [-0.2, -0.15) is 0 Å². The Labute approximate surface area is 112 Å². The first-order valence-electron chi connectivity index (χ1n) is 6.31. The molecule has 0 amide bonds. The monoisotopic (exact) mass is 249 g/mol. The SMILES string of the molecule is Cc1ccc2c(NCc3cccnc3)ccnc2c1. The maximum absolute atomic E-state index is 4.41. The summed E-state index contributed by atoms with van der Waals surface area (Å²) in [5.41, 5.74) is 4.52. The van der Waals surface area contributed by atoms with Crippen LogP contribution in [-0.4, -0.2) is 9.97 Å². The van der Waals surface area contributed by atoms with Crippen LogP contribution in [0.1, 0.15) is 11.1 Å². The van der Waals surface area contributed by atoms with Crippen LogP contribution in [-0.2, 0) is 6.54 Å². The fraction of sp³-hybridized carbons (Fsp3) is 0.125. The number of pyridine rings is 2. The number of anilines is 1. The zero-order chi connectivity index (χ0) is 13.1. The molecule has 0 saturated carbocycles. The smallest absolute Gasteiger partial charge is 0.0725 e. The molecule has 94 valence electrons. The fourth-order valence-electron chi connectivity index (χ4n) is 2.11. The van der Waals surface area contributed by atoms with Gasteiger partial charge in [-0.3, -0.25) is 9.97 Å². The van der Waals surface area contributed by atoms with Gasteiger partial charge in [-0.05, 0) is 36.2 Å². The van der Waals surface area contributed by atoms with Crippen molar-refractivity contribution < 1.29 is 0 Å². The highest BCUT2D eigenvalue weighted by Gasteiger charge is 2.01. The topological polar surface area (TPSA) is 37.8 Å². The molecule has 1 aromatic carbocycles. The molecule has 3 heteroatoms. The standard InChI is InChI=1S/C16H15N3/c1-12-4-5-14-15(6-8-18-16(14)9-12)19-11-13-3-2-7-17-10-13/h2-10H,11H2,1H3,(H,18,19). The first-order chi connectivity index (χ1) is 9.33. The minimum atomic E-state index is 0.765. The van der Waals surface area contributed by atoms with Crippen LogP contribution in [0.3, 0.4) is 0 Å². The lowest BCUT2D eigenvalue weighted by Gasteiger charge is -2.09. The molecule has 3 rings (SSSR count). The van der Waals surface area contributed by atoms with Crippen molar-refractivity contribution in [1.82, 2.24) is 9.97 Å². The van der Waals surface area contributed by atoms with E-state index in [0.717, 1.165) is 23.1 Å². The molecule has 0 radical (unpaired) electrons. The van der Waals surface area contributed by atoms with Crippen LogP contribution in [0, 0.1) is 6.92 Å². The van der Waals surface area contributed by atoms with Crippen molar-refractivity contribution in [2.45, 2.75) is 13.5 Å². The predicted molar refractivity (Wildman–Crippen MR) is 78.0 cm³/mol. The Morgan fingerprint density at radius 1 is 1.11 bits per heavy atom. The molecule has 3 nitrogen and oxygen atoms in total. The van der Waals surface area contributed by atoms with E-state index in [2.05, 4.69) is 46.5 Å². The highest BCUT2D eigenvalue weighted by atomic mass is 14.9. The quantitative estimate of drug-likeness (QED) is 0.771. The van der Waals surface area contributed by atoms with Crippen LogP contribution in [0.4, 0.5) is 5.69 Å². The van der Waals surface area contributed by atoms with Crippen molar-refractivity contribution in [3.63, 3.8) is 0 Å². The Hall–Kier alpha value is -2.42. The number of hydrogen-bond donors (Lipinski definition) is 1. The van der Waals surface area contributed by atoms with Crippen LogP contribution in [0.5, 0.6) is 0 Å². The van der Waals surface area contributed by atoms with Crippen LogP contribution in [0.25, 0.3) is 10.9 Å². The maximum Gasteiger partial charge on any atom is 0.0725 e. The summed E-state index contributed by atoms with van der Waals surface area (Å²) >= 11 is 0. The van der Waals surface area contributed by atoms with Crippen molar-refractivity contribution in [3.8, 4) is 0 Å². The summed E-state index contributed by atoms with van der Waals surface area (Å²) in [7, 11) is 0. The third kappa shape index (κ3) is 2.55. The van der Waals surface area contributed by atoms with E-state index in [1.54, 1.807) is 6.20 Å². The molecule has 0 saturated heterocycles. The van der Waals surface area contributed by atoms with E-state index in [0.29, 0.717) is 0 Å². The first-order valence-corrected chi connectivity index (χ1v) is 6.31. The summed E-state index contributed by atoms with van der Waals surface area (Å²) in [5, 5.41) is 4.59. The van der Waals surface area contributed by atoms with Crippen molar-refractivity contribution in [2.24, 2.45) is 0 Å². The minimum absolute atomic E-state index is 0.765. The largest absolute Gasteiger partial charge is 0.380 e. The summed E-state index contributed by atoms with van der Waals surface area (Å²) in [6, 6.07) is 12.3. The van der Waals surface area contributed by atoms with Gasteiger partial charge in [-0.15, -0.1) is 0 Å². The summed E-state index contributed by atoms with van der Waals surface area (Å²) in [5.74, 6) is 0. The molecular weight excluding hydrogens is 234 g/mol. The van der Waals surface area contributed by atoms with E-state index < -0.39 is 0 Å². The summed E-state index contributed by atoms with van der Waals surface area (Å²) in [4.78, 5) is 8.52. The van der Waals surface area contributed by atoms with Crippen LogP contribution < -0.4 is 5.32 Å². The number of nitrogens with one attached hydrogen (secondary N) is 1. The van der Waals surface area contributed by atoms with Gasteiger partial charge in [-0.25, -0.2) is 0 Å². The number of aryl methyl sites for hydroxylation is 1. The molecule has 0 fully saturated rings. The van der Waals surface area contributed by atoms with Crippen LogP contribution in [0.15, 0.2) is 55.0 Å². The van der Waals surface area contributed by atoms with Gasteiger partial charge in [0.1, 0.15) is 0 Å². The lowest BCUT2D eigenvalue weighted by molar-refractivity contribution is 1.11. The van der Waals surface area contributed by atoms with Gasteiger partial charge in [-0.1, -0.05) is 18.2 Å². The molecule has 0 aliphatic heterocycles. The molecule has 2 aromatic heterocycles. The number of rotatable bonds is 3. The average molecular weight is 249 g/mol. The molecule has 2 heterocycles. The fourth-order valence-corrected chi connectivity index (χ4v) is 2.11. The lowest BCUT2D eigenvalue weighted by atomic mass is 10.1. The van der Waals surface area contributed by atoms with E-state index in [1.165, 1.54) is 11.1 Å². The van der Waals surface area contributed by atoms with Gasteiger partial charge in [0.2, 0.25) is 0 Å². The number of benzene rings is 1. The second kappa shape index (κ2) is 5.06. The van der Waals surface area contributed by atoms with E-state index in [1.807, 2.05) is 24.5 Å². The molecule has 1 N–H and O–H groups in total. The lowest BCUT2D eigenvalue weighted by Crippen LogP contribution is -2.00. The molecular formula is C16H15N3. The highest BCUT2D eigenvalue weighted by molar-refractivity contribution is 5.91. The van der Waals surface area contributed by atoms with Crippen molar-refractivity contribution in [1.29, 1.82) is 0 Å². The molecule has 0 unspecified atom stereocenters. The molecule has 0 aliphatic rings. The second-order valence-electron chi connectivity index (χ2n) is 4.59. The van der Waals surface area contributed by atoms with Gasteiger partial charge in [0, 0.05) is 36.2 Å². The van der Waals surface area contributed by atoms with E-state index in [9.17, 15) is 0 Å². The molecule has 0 spiro atoms. The predicted octanol–water partition coefficient (Wildman–Crippen LogP) is 3.55. The van der Waals surface area contributed by atoms with Gasteiger partial charge in [0.25, 0.3) is 0 Å². The van der Waals surface area contributed by atoms with Crippen molar-refractivity contribution in [2.75, 3.05) is 5.32 Å². The third-order valence-electron chi connectivity index (χ3n) is 3.10. The van der Waals surface area contributed by atoms with Gasteiger partial charge < -0.3 is 5.32 Å². The third-order valence-corrected chi connectivity index (χ3v) is 3.10. The highest BCUT2D eigenvalue weighted by Crippen LogP contribution is 2.22. The number of fused-ring (bicyclic) bond motifs is 1. The number of nitrogens with zero attached hydrogens (tertiary/aromatic N) is 2. The maximum atomic E-state index is 4.41. The van der Waals surface area contributed by atoms with Crippen molar-refractivity contribution >= 4 is 16.6 Å². The molecule has 0 bridgehead atoms. The Morgan fingerprint density at radius 3 is 2.89 bits per heavy atom. The van der Waals surface area contributed by atoms with Crippen LogP contribution >= 0.6 is 0 Å². The van der Waals surface area contributed by atoms with Gasteiger partial charge in [0.15, 0.2) is 0 Å². The Morgan fingerprint density at radius 2 is 2.05 bits per heavy atom. The van der Waals surface area contributed by atoms with E-state index in [4.69, 9.17) is 0 Å². The Bertz CT molecular complexity index is 693. The summed E-state index contributed by atoms with van der Waals surface area (Å²) in [6.07, 6.45) is 5.50. The number of aromatic nitrogens is 2. The zero-order valence-electron chi connectivity index (χ0n) is 10.8. The molecule has 0 atom stereocenters. The second-order valence-corrected chi connectivity index (χ2v) is 4.59. The van der Waals surface area contributed by atoms with E-state index >= 15 is 0 Å². The molecule has 3 aromatic rings. The van der Waals surface area contributed by atoms with Gasteiger partial charge in [0.05, 0.1) is 5.52 Å².